The molecule has 7 heteroatoms. The Labute approximate surface area is 104 Å². The number of sulfone groups is 1. The number of β-amino-alcohol motifs (C(OH)–C–C–N with tert-alkyl or cyclic N) is 1. The molecular weight excluding hydrogens is 264 g/mol. The Hall–Kier alpha value is -1.21. The highest BCUT2D eigenvalue weighted by atomic mass is 32.2. The molecule has 1 aliphatic rings. The number of nitrogens with zero attached hydrogens (tertiary/aromatic N) is 1. The van der Waals surface area contributed by atoms with E-state index in [0.717, 1.165) is 5.69 Å². The van der Waals surface area contributed by atoms with Crippen molar-refractivity contribution in [2.45, 2.75) is 23.2 Å². The van der Waals surface area contributed by atoms with Crippen LogP contribution in [0, 0.1) is 0 Å². The lowest BCUT2D eigenvalue weighted by Gasteiger charge is -2.17. The fraction of sp³-hybridized carbons (Fsp3) is 0.455. The van der Waals surface area contributed by atoms with E-state index in [2.05, 4.69) is 0 Å². The third-order valence-corrected chi connectivity index (χ3v) is 4.33. The van der Waals surface area contributed by atoms with Gasteiger partial charge in [-0.05, 0) is 30.7 Å². The number of hydrogen-bond donors (Lipinski definition) is 1. The van der Waals surface area contributed by atoms with Crippen LogP contribution in [0.25, 0.3) is 0 Å². The zero-order valence-electron chi connectivity index (χ0n) is 9.46. The molecule has 0 amide bonds. The van der Waals surface area contributed by atoms with Crippen LogP contribution in [-0.2, 0) is 9.84 Å². The van der Waals surface area contributed by atoms with Crippen molar-refractivity contribution in [3.63, 3.8) is 0 Å². The summed E-state index contributed by atoms with van der Waals surface area (Å²) in [6, 6.07) is 5.30. The van der Waals surface area contributed by atoms with E-state index in [1.54, 1.807) is 0 Å². The SMILES string of the molecule is O=S(=O)(c1ccc(N2CC[C@@H](O)C2)cc1)C(F)F. The highest BCUT2D eigenvalue weighted by Crippen LogP contribution is 2.24. The lowest BCUT2D eigenvalue weighted by molar-refractivity contribution is 0.198. The lowest BCUT2D eigenvalue weighted by Crippen LogP contribution is -2.21. The molecule has 1 saturated heterocycles. The van der Waals surface area contributed by atoms with Crippen molar-refractivity contribution in [3.8, 4) is 0 Å². The molecule has 1 fully saturated rings. The van der Waals surface area contributed by atoms with E-state index < -0.39 is 21.7 Å². The van der Waals surface area contributed by atoms with Crippen LogP contribution >= 0.6 is 0 Å². The van der Waals surface area contributed by atoms with Crippen molar-refractivity contribution < 1.29 is 22.3 Å². The second-order valence-corrected chi connectivity index (χ2v) is 6.11. The van der Waals surface area contributed by atoms with E-state index in [1.165, 1.54) is 24.3 Å². The summed E-state index contributed by atoms with van der Waals surface area (Å²) in [6.45, 7) is 1.14. The molecule has 1 N–H and O–H groups in total. The molecule has 100 valence electrons. The van der Waals surface area contributed by atoms with Crippen molar-refractivity contribution in [2.24, 2.45) is 0 Å². The molecule has 1 heterocycles. The Balaban J connectivity index is 2.21. The Kier molecular flexibility index (Phi) is 3.54. The molecule has 0 bridgehead atoms. The second-order valence-electron chi connectivity index (χ2n) is 4.19. The second kappa shape index (κ2) is 4.81. The van der Waals surface area contributed by atoms with Crippen molar-refractivity contribution in [3.05, 3.63) is 24.3 Å². The molecule has 1 atom stereocenters. The third-order valence-electron chi connectivity index (χ3n) is 2.93. The van der Waals surface area contributed by atoms with Gasteiger partial charge in [-0.25, -0.2) is 8.42 Å². The van der Waals surface area contributed by atoms with Gasteiger partial charge in [0.15, 0.2) is 0 Å². The first-order valence-corrected chi connectivity index (χ1v) is 7.01. The van der Waals surface area contributed by atoms with Gasteiger partial charge >= 0.3 is 5.76 Å². The van der Waals surface area contributed by atoms with Gasteiger partial charge in [0.05, 0.1) is 11.0 Å². The molecule has 0 unspecified atom stereocenters. The third kappa shape index (κ3) is 2.46. The number of hydrogen-bond acceptors (Lipinski definition) is 4. The normalized spacial score (nSPS) is 20.7. The molecule has 0 radical (unpaired) electrons. The van der Waals surface area contributed by atoms with Gasteiger partial charge in [0.2, 0.25) is 9.84 Å². The molecule has 2 rings (SSSR count). The lowest BCUT2D eigenvalue weighted by atomic mass is 10.3. The molecular formula is C11H13F2NO3S. The highest BCUT2D eigenvalue weighted by molar-refractivity contribution is 7.91. The van der Waals surface area contributed by atoms with Gasteiger partial charge in [0.25, 0.3) is 0 Å². The zero-order chi connectivity index (χ0) is 13.3. The van der Waals surface area contributed by atoms with Crippen LogP contribution in [0.3, 0.4) is 0 Å². The predicted molar refractivity (Wildman–Crippen MR) is 62.5 cm³/mol. The minimum absolute atomic E-state index is 0.388. The number of anilines is 1. The van der Waals surface area contributed by atoms with Gasteiger partial charge in [-0.1, -0.05) is 0 Å². The molecule has 18 heavy (non-hydrogen) atoms. The van der Waals surface area contributed by atoms with Crippen molar-refractivity contribution in [2.75, 3.05) is 18.0 Å². The summed E-state index contributed by atoms with van der Waals surface area (Å²) in [6.07, 6.45) is 0.256. The molecule has 0 spiro atoms. The van der Waals surface area contributed by atoms with E-state index in [0.29, 0.717) is 19.5 Å². The van der Waals surface area contributed by atoms with Gasteiger partial charge < -0.3 is 10.0 Å². The molecule has 0 aromatic heterocycles. The van der Waals surface area contributed by atoms with E-state index >= 15 is 0 Å². The number of rotatable bonds is 3. The Morgan fingerprint density at radius 3 is 2.33 bits per heavy atom. The number of halogens is 2. The number of aliphatic hydroxyl groups excluding tert-OH is 1. The number of aliphatic hydroxyl groups is 1. The molecule has 0 aliphatic carbocycles. The topological polar surface area (TPSA) is 57.6 Å². The standard InChI is InChI=1S/C11H13F2NO3S/c12-11(13)18(16,17)10-3-1-8(2-4-10)14-6-5-9(15)7-14/h1-4,9,11,15H,5-7H2/t9-/m1/s1. The van der Waals surface area contributed by atoms with Gasteiger partial charge in [0, 0.05) is 18.8 Å². The maximum atomic E-state index is 12.3. The number of benzene rings is 1. The monoisotopic (exact) mass is 277 g/mol. The first kappa shape index (κ1) is 13.2. The average Bonchev–Trinajstić information content (AvgIpc) is 2.76. The largest absolute Gasteiger partial charge is 0.391 e. The molecule has 4 nitrogen and oxygen atoms in total. The maximum absolute atomic E-state index is 12.3. The van der Waals surface area contributed by atoms with Crippen LogP contribution in [0.15, 0.2) is 29.2 Å². The van der Waals surface area contributed by atoms with E-state index in [9.17, 15) is 22.3 Å². The zero-order valence-corrected chi connectivity index (χ0v) is 10.3. The Morgan fingerprint density at radius 1 is 1.28 bits per heavy atom. The van der Waals surface area contributed by atoms with Crippen molar-refractivity contribution >= 4 is 15.5 Å². The summed E-state index contributed by atoms with van der Waals surface area (Å²) in [7, 11) is -4.53. The van der Waals surface area contributed by atoms with Crippen LogP contribution in [-0.4, -0.2) is 38.5 Å². The fourth-order valence-corrected chi connectivity index (χ4v) is 2.65. The first-order valence-electron chi connectivity index (χ1n) is 5.46. The van der Waals surface area contributed by atoms with E-state index in [-0.39, 0.29) is 4.90 Å². The summed E-state index contributed by atoms with van der Waals surface area (Å²) < 4.78 is 47.1. The first-order chi connectivity index (χ1) is 8.41. The fourth-order valence-electron chi connectivity index (χ4n) is 1.93. The van der Waals surface area contributed by atoms with Crippen LogP contribution in [0.1, 0.15) is 6.42 Å². The van der Waals surface area contributed by atoms with Crippen LogP contribution < -0.4 is 4.90 Å². The maximum Gasteiger partial charge on any atom is 0.341 e. The average molecular weight is 277 g/mol. The van der Waals surface area contributed by atoms with Crippen LogP contribution in [0.4, 0.5) is 14.5 Å². The number of alkyl halides is 2. The summed E-state index contributed by atoms with van der Waals surface area (Å²) in [5.74, 6) is -3.41. The van der Waals surface area contributed by atoms with Crippen molar-refractivity contribution in [1.29, 1.82) is 0 Å². The van der Waals surface area contributed by atoms with Gasteiger partial charge in [-0.2, -0.15) is 8.78 Å². The van der Waals surface area contributed by atoms with Crippen molar-refractivity contribution in [1.82, 2.24) is 0 Å². The van der Waals surface area contributed by atoms with Gasteiger partial charge in [0.1, 0.15) is 0 Å². The van der Waals surface area contributed by atoms with E-state index in [4.69, 9.17) is 0 Å². The molecule has 0 saturated carbocycles. The van der Waals surface area contributed by atoms with Gasteiger partial charge in [-0.3, -0.25) is 0 Å². The minimum atomic E-state index is -4.53. The minimum Gasteiger partial charge on any atom is -0.391 e. The Bertz CT molecular complexity index is 516. The molecule has 1 aromatic carbocycles. The Morgan fingerprint density at radius 2 is 1.89 bits per heavy atom. The summed E-state index contributed by atoms with van der Waals surface area (Å²) >= 11 is 0. The summed E-state index contributed by atoms with van der Waals surface area (Å²) in [4.78, 5) is 1.49. The quantitative estimate of drug-likeness (QED) is 0.903. The summed E-state index contributed by atoms with van der Waals surface area (Å²) in [5.41, 5.74) is 0.722. The highest BCUT2D eigenvalue weighted by Gasteiger charge is 2.27. The van der Waals surface area contributed by atoms with Crippen LogP contribution in [0.5, 0.6) is 0 Å². The van der Waals surface area contributed by atoms with E-state index in [1.807, 2.05) is 4.90 Å². The molecule has 1 aliphatic heterocycles. The predicted octanol–water partition coefficient (Wildman–Crippen LogP) is 1.25. The van der Waals surface area contributed by atoms with Gasteiger partial charge in [-0.15, -0.1) is 0 Å². The van der Waals surface area contributed by atoms with Crippen LogP contribution in [0.2, 0.25) is 0 Å². The summed E-state index contributed by atoms with van der Waals surface area (Å²) in [5, 5.41) is 9.38. The smallest absolute Gasteiger partial charge is 0.341 e. The molecule has 1 aromatic rings.